The molecule has 0 aliphatic carbocycles. The van der Waals surface area contributed by atoms with Crippen LogP contribution >= 0.6 is 0 Å². The molecule has 0 radical (unpaired) electrons. The van der Waals surface area contributed by atoms with Crippen molar-refractivity contribution in [3.05, 3.63) is 34.4 Å². The van der Waals surface area contributed by atoms with Gasteiger partial charge in [0.15, 0.2) is 4.90 Å². The standard InChI is InChI=1S/C11H13N3O5S.C2HF3O2/c12-11(15)9-5-3-7-13(9)20(18,19)10-6-2-1-4-8(10)14(16)17;3-2(4,5)1(6)7/h1-2,4,6,9H,3,5,7H2,(H2,12,15);(H,6,7). The van der Waals surface area contributed by atoms with Crippen LogP contribution in [0.15, 0.2) is 29.2 Å². The predicted molar refractivity (Wildman–Crippen MR) is 82.9 cm³/mol. The highest BCUT2D eigenvalue weighted by Crippen LogP contribution is 2.31. The van der Waals surface area contributed by atoms with Gasteiger partial charge in [0.1, 0.15) is 6.04 Å². The molecule has 0 saturated carbocycles. The van der Waals surface area contributed by atoms with Gasteiger partial charge >= 0.3 is 12.1 Å². The van der Waals surface area contributed by atoms with Crippen molar-refractivity contribution in [3.63, 3.8) is 0 Å². The van der Waals surface area contributed by atoms with Gasteiger partial charge in [-0.05, 0) is 18.9 Å². The normalized spacial score (nSPS) is 17.7. The van der Waals surface area contributed by atoms with Gasteiger partial charge in [0.25, 0.3) is 15.7 Å². The van der Waals surface area contributed by atoms with Gasteiger partial charge < -0.3 is 10.8 Å². The van der Waals surface area contributed by atoms with Crippen LogP contribution in [-0.2, 0) is 19.6 Å². The molecule has 1 unspecified atom stereocenters. The Morgan fingerprint density at radius 1 is 1.30 bits per heavy atom. The quantitative estimate of drug-likeness (QED) is 0.547. The van der Waals surface area contributed by atoms with Gasteiger partial charge in [-0.3, -0.25) is 14.9 Å². The van der Waals surface area contributed by atoms with Crippen LogP contribution in [0.25, 0.3) is 0 Å². The molecule has 1 aliphatic heterocycles. The molecular formula is C13H14F3N3O7S. The van der Waals surface area contributed by atoms with Crippen LogP contribution < -0.4 is 5.73 Å². The summed E-state index contributed by atoms with van der Waals surface area (Å²) in [5.74, 6) is -3.50. The molecule has 1 amide bonds. The summed E-state index contributed by atoms with van der Waals surface area (Å²) in [4.78, 5) is 29.9. The van der Waals surface area contributed by atoms with Gasteiger partial charge in [0.2, 0.25) is 5.91 Å². The average Bonchev–Trinajstić information content (AvgIpc) is 3.05. The van der Waals surface area contributed by atoms with Gasteiger partial charge in [-0.25, -0.2) is 13.2 Å². The van der Waals surface area contributed by atoms with E-state index in [1.807, 2.05) is 0 Å². The van der Waals surface area contributed by atoms with Gasteiger partial charge in [0.05, 0.1) is 4.92 Å². The summed E-state index contributed by atoms with van der Waals surface area (Å²) in [7, 11) is -4.12. The number of carboxylic acids is 1. The SMILES string of the molecule is NC(=O)C1CCCN1S(=O)(=O)c1ccccc1[N+](=O)[O-].O=C(O)C(F)(F)F. The Kier molecular flexibility index (Phi) is 6.86. The number of nitrogens with two attached hydrogens (primary N) is 1. The van der Waals surface area contributed by atoms with Gasteiger partial charge in [0, 0.05) is 12.6 Å². The molecule has 14 heteroatoms. The predicted octanol–water partition coefficient (Wildman–Crippen LogP) is 0.867. The van der Waals surface area contributed by atoms with Crippen molar-refractivity contribution in [1.29, 1.82) is 0 Å². The maximum atomic E-state index is 12.5. The van der Waals surface area contributed by atoms with E-state index in [4.69, 9.17) is 15.6 Å². The number of nitrogens with zero attached hydrogens (tertiary/aromatic N) is 2. The van der Waals surface area contributed by atoms with Crippen LogP contribution in [0.4, 0.5) is 18.9 Å². The molecule has 150 valence electrons. The van der Waals surface area contributed by atoms with Crippen molar-refractivity contribution < 1.29 is 41.2 Å². The largest absolute Gasteiger partial charge is 0.490 e. The Morgan fingerprint density at radius 2 is 1.81 bits per heavy atom. The molecule has 1 heterocycles. The number of amides is 1. The first-order valence-corrected chi connectivity index (χ1v) is 8.59. The van der Waals surface area contributed by atoms with E-state index in [2.05, 4.69) is 0 Å². The minimum absolute atomic E-state index is 0.127. The maximum Gasteiger partial charge on any atom is 0.490 e. The van der Waals surface area contributed by atoms with E-state index in [-0.39, 0.29) is 6.54 Å². The second-order valence-electron chi connectivity index (χ2n) is 5.20. The smallest absolute Gasteiger partial charge is 0.475 e. The Labute approximate surface area is 150 Å². The highest BCUT2D eigenvalue weighted by Gasteiger charge is 2.41. The Hall–Kier alpha value is -2.74. The van der Waals surface area contributed by atoms with E-state index in [9.17, 15) is 36.5 Å². The summed E-state index contributed by atoms with van der Waals surface area (Å²) < 4.78 is 57.7. The second kappa shape index (κ2) is 8.30. The number of nitro benzene ring substituents is 1. The molecule has 1 aromatic rings. The molecule has 27 heavy (non-hydrogen) atoms. The third kappa shape index (κ3) is 5.37. The molecule has 0 spiro atoms. The number of para-hydroxylation sites is 1. The zero-order chi connectivity index (χ0) is 21.0. The van der Waals surface area contributed by atoms with Crippen molar-refractivity contribution in [2.24, 2.45) is 5.73 Å². The second-order valence-corrected chi connectivity index (χ2v) is 7.06. The Morgan fingerprint density at radius 3 is 2.26 bits per heavy atom. The topological polar surface area (TPSA) is 161 Å². The molecule has 0 aromatic heterocycles. The lowest BCUT2D eigenvalue weighted by Gasteiger charge is -2.21. The number of aliphatic carboxylic acids is 1. The van der Waals surface area contributed by atoms with Crippen LogP contribution in [0.3, 0.4) is 0 Å². The fourth-order valence-corrected chi connectivity index (χ4v) is 4.09. The van der Waals surface area contributed by atoms with E-state index in [0.717, 1.165) is 16.4 Å². The van der Waals surface area contributed by atoms with Crippen molar-refractivity contribution in [2.75, 3.05) is 6.54 Å². The first-order chi connectivity index (χ1) is 12.3. The minimum atomic E-state index is -5.08. The number of carbonyl (C=O) groups is 2. The number of rotatable bonds is 4. The number of hydrogen-bond donors (Lipinski definition) is 2. The average molecular weight is 413 g/mol. The number of primary amides is 1. The lowest BCUT2D eigenvalue weighted by molar-refractivity contribution is -0.387. The van der Waals surface area contributed by atoms with E-state index in [1.54, 1.807) is 0 Å². The number of hydrogen-bond acceptors (Lipinski definition) is 6. The van der Waals surface area contributed by atoms with Crippen LogP contribution in [-0.4, -0.2) is 53.4 Å². The van der Waals surface area contributed by atoms with Crippen molar-refractivity contribution in [1.82, 2.24) is 4.31 Å². The van der Waals surface area contributed by atoms with Crippen LogP contribution in [0.2, 0.25) is 0 Å². The van der Waals surface area contributed by atoms with Gasteiger partial charge in [-0.15, -0.1) is 0 Å². The van der Waals surface area contributed by atoms with Gasteiger partial charge in [-0.2, -0.15) is 17.5 Å². The van der Waals surface area contributed by atoms with Crippen LogP contribution in [0.1, 0.15) is 12.8 Å². The van der Waals surface area contributed by atoms with E-state index in [0.29, 0.717) is 12.8 Å². The summed E-state index contributed by atoms with van der Waals surface area (Å²) in [6, 6.07) is 4.10. The monoisotopic (exact) mass is 413 g/mol. The summed E-state index contributed by atoms with van der Waals surface area (Å²) in [6.07, 6.45) is -4.26. The fraction of sp³-hybridized carbons (Fsp3) is 0.385. The molecule has 1 atom stereocenters. The molecule has 1 saturated heterocycles. The van der Waals surface area contributed by atoms with Crippen molar-refractivity contribution >= 4 is 27.6 Å². The van der Waals surface area contributed by atoms with Crippen LogP contribution in [0.5, 0.6) is 0 Å². The Bertz CT molecular complexity index is 842. The molecule has 1 fully saturated rings. The fourth-order valence-electron chi connectivity index (χ4n) is 2.26. The van der Waals surface area contributed by atoms with Gasteiger partial charge in [-0.1, -0.05) is 12.1 Å². The summed E-state index contributed by atoms with van der Waals surface area (Å²) >= 11 is 0. The zero-order valence-electron chi connectivity index (χ0n) is 13.4. The summed E-state index contributed by atoms with van der Waals surface area (Å²) in [6.45, 7) is 0.127. The number of carboxylic acid groups (broad SMARTS) is 1. The molecule has 2 rings (SSSR count). The number of benzene rings is 1. The molecule has 0 bridgehead atoms. The summed E-state index contributed by atoms with van der Waals surface area (Å²) in [5, 5.41) is 18.1. The maximum absolute atomic E-state index is 12.5. The molecular weight excluding hydrogens is 399 g/mol. The number of carbonyl (C=O) groups excluding carboxylic acids is 1. The number of alkyl halides is 3. The molecule has 1 aromatic carbocycles. The number of nitro groups is 1. The highest BCUT2D eigenvalue weighted by atomic mass is 32.2. The highest BCUT2D eigenvalue weighted by molar-refractivity contribution is 7.89. The minimum Gasteiger partial charge on any atom is -0.475 e. The Balaban J connectivity index is 0.000000445. The van der Waals surface area contributed by atoms with E-state index >= 15 is 0 Å². The number of sulfonamides is 1. The molecule has 3 N–H and O–H groups in total. The molecule has 1 aliphatic rings. The van der Waals surface area contributed by atoms with E-state index in [1.165, 1.54) is 12.1 Å². The lowest BCUT2D eigenvalue weighted by atomic mass is 10.2. The summed E-state index contributed by atoms with van der Waals surface area (Å²) in [5.41, 5.74) is 4.67. The van der Waals surface area contributed by atoms with Crippen molar-refractivity contribution in [3.8, 4) is 0 Å². The first-order valence-electron chi connectivity index (χ1n) is 7.14. The van der Waals surface area contributed by atoms with E-state index < -0.39 is 49.6 Å². The first kappa shape index (κ1) is 22.3. The third-order valence-corrected chi connectivity index (χ3v) is 5.38. The third-order valence-electron chi connectivity index (χ3n) is 3.42. The molecule has 10 nitrogen and oxygen atoms in total. The van der Waals surface area contributed by atoms with Crippen molar-refractivity contribution in [2.45, 2.75) is 30.0 Å². The number of halogens is 3. The lowest BCUT2D eigenvalue weighted by Crippen LogP contribution is -2.43. The van der Waals surface area contributed by atoms with Crippen LogP contribution in [0, 0.1) is 10.1 Å². The zero-order valence-corrected chi connectivity index (χ0v) is 14.2.